The molecule has 0 radical (unpaired) electrons. The Kier molecular flexibility index (Phi) is 6.60. The van der Waals surface area contributed by atoms with Crippen molar-refractivity contribution in [3.05, 3.63) is 29.8 Å². The number of methoxy groups -OCH3 is 1. The third kappa shape index (κ3) is 5.49. The molecule has 0 bridgehead atoms. The quantitative estimate of drug-likeness (QED) is 0.593. The Morgan fingerprint density at radius 3 is 2.31 bits per heavy atom. The maximum absolute atomic E-state index is 5.60. The van der Waals surface area contributed by atoms with Crippen LogP contribution in [0.15, 0.2) is 24.3 Å². The Labute approximate surface area is 183 Å². The predicted molar refractivity (Wildman–Crippen MR) is 126 cm³/mol. The molecule has 1 saturated heterocycles. The lowest BCUT2D eigenvalue weighted by molar-refractivity contribution is 0.228. The summed E-state index contributed by atoms with van der Waals surface area (Å²) in [7, 11) is 1.78. The second-order valence-corrected chi connectivity index (χ2v) is 10.8. The van der Waals surface area contributed by atoms with E-state index in [9.17, 15) is 0 Å². The van der Waals surface area contributed by atoms with Crippen molar-refractivity contribution >= 4 is 23.7 Å². The summed E-state index contributed by atoms with van der Waals surface area (Å²) in [4.78, 5) is 5.26. The van der Waals surface area contributed by atoms with Crippen LogP contribution in [-0.2, 0) is 0 Å². The van der Waals surface area contributed by atoms with Gasteiger partial charge in [0.25, 0.3) is 0 Å². The molecule has 162 valence electrons. The van der Waals surface area contributed by atoms with Crippen LogP contribution in [-0.4, -0.2) is 44.7 Å². The first-order chi connectivity index (χ1) is 13.2. The van der Waals surface area contributed by atoms with Crippen LogP contribution >= 0.6 is 12.4 Å². The third-order valence-corrected chi connectivity index (χ3v) is 6.65. The lowest BCUT2D eigenvalue weighted by Gasteiger charge is -2.41. The van der Waals surface area contributed by atoms with Gasteiger partial charge in [0.15, 0.2) is 0 Å². The summed E-state index contributed by atoms with van der Waals surface area (Å²) < 4.78 is 5.60. The Bertz CT molecular complexity index is 743. The number of anilines is 1. The van der Waals surface area contributed by atoms with Crippen LogP contribution in [0, 0.1) is 16.7 Å². The number of ether oxygens (including phenoxy) is 1. The van der Waals surface area contributed by atoms with Gasteiger partial charge in [-0.2, -0.15) is 0 Å². The molecule has 4 rings (SSSR count). The summed E-state index contributed by atoms with van der Waals surface area (Å²) in [6.07, 6.45) is 7.82. The average Bonchev–Trinajstić information content (AvgIpc) is 3.43. The largest absolute Gasteiger partial charge is 0.497 e. The zero-order chi connectivity index (χ0) is 19.9. The molecule has 1 aromatic carbocycles. The third-order valence-electron chi connectivity index (χ3n) is 6.65. The Morgan fingerprint density at radius 2 is 1.72 bits per heavy atom. The van der Waals surface area contributed by atoms with Gasteiger partial charge >= 0.3 is 0 Å². The number of hydrogen-bond donors (Lipinski definition) is 0. The van der Waals surface area contributed by atoms with Gasteiger partial charge in [0.1, 0.15) is 5.75 Å². The number of benzene rings is 1. The highest BCUT2D eigenvalue weighted by Crippen LogP contribution is 2.49. The predicted octanol–water partition coefficient (Wildman–Crippen LogP) is 5.88. The van der Waals surface area contributed by atoms with Crippen LogP contribution in [0.1, 0.15) is 58.9 Å². The number of rotatable bonds is 5. The minimum atomic E-state index is 0. The van der Waals surface area contributed by atoms with Crippen LogP contribution in [0.2, 0.25) is 0 Å². The number of hydrogen-bond acceptors (Lipinski definition) is 3. The molecule has 0 unspecified atom stereocenters. The average molecular weight is 419 g/mol. The normalized spacial score (nSPS) is 23.9. The maximum Gasteiger partial charge on any atom is 0.120 e. The van der Waals surface area contributed by atoms with E-state index in [-0.39, 0.29) is 17.8 Å². The Morgan fingerprint density at radius 1 is 1.03 bits per heavy atom. The van der Waals surface area contributed by atoms with Gasteiger partial charge in [-0.15, -0.1) is 12.4 Å². The molecule has 1 heterocycles. The molecule has 1 aromatic rings. The zero-order valence-electron chi connectivity index (χ0n) is 19.0. The summed E-state index contributed by atoms with van der Waals surface area (Å²) in [6, 6.07) is 6.70. The van der Waals surface area contributed by atoms with E-state index in [0.717, 1.165) is 31.2 Å². The Balaban J connectivity index is 0.00000240. The molecule has 3 nitrogen and oxygen atoms in total. The number of allylic oxidation sites excluding steroid dienone is 2. The van der Waals surface area contributed by atoms with E-state index in [2.05, 4.69) is 61.8 Å². The molecule has 2 fully saturated rings. The molecule has 4 heteroatoms. The molecule has 0 spiro atoms. The minimum absolute atomic E-state index is 0. The molecule has 0 amide bonds. The van der Waals surface area contributed by atoms with Crippen LogP contribution in [0.25, 0.3) is 5.57 Å². The SMILES string of the molecule is COc1ccc(C2=CC(C)(C)CC(C)(C)C2)c(N2CCN(CC3CC3)CC2)c1.Cl. The molecule has 2 aliphatic carbocycles. The van der Waals surface area contributed by atoms with Crippen molar-refractivity contribution in [3.63, 3.8) is 0 Å². The van der Waals surface area contributed by atoms with Gasteiger partial charge in [-0.25, -0.2) is 0 Å². The number of piperazine rings is 1. The summed E-state index contributed by atoms with van der Waals surface area (Å²) in [5.41, 5.74) is 4.88. The molecule has 0 N–H and O–H groups in total. The van der Waals surface area contributed by atoms with Crippen molar-refractivity contribution in [2.24, 2.45) is 16.7 Å². The van der Waals surface area contributed by atoms with Gasteiger partial charge < -0.3 is 9.64 Å². The summed E-state index contributed by atoms with van der Waals surface area (Å²) in [6.45, 7) is 15.5. The van der Waals surface area contributed by atoms with Crippen LogP contribution in [0.4, 0.5) is 5.69 Å². The number of nitrogens with zero attached hydrogens (tertiary/aromatic N) is 2. The number of halogens is 1. The summed E-state index contributed by atoms with van der Waals surface area (Å²) in [5, 5.41) is 0. The summed E-state index contributed by atoms with van der Waals surface area (Å²) >= 11 is 0. The second-order valence-electron chi connectivity index (χ2n) is 10.8. The highest BCUT2D eigenvalue weighted by atomic mass is 35.5. The highest BCUT2D eigenvalue weighted by Gasteiger charge is 2.35. The van der Waals surface area contributed by atoms with Gasteiger partial charge in [-0.3, -0.25) is 4.90 Å². The molecule has 3 aliphatic rings. The maximum atomic E-state index is 5.60. The molecule has 0 aromatic heterocycles. The first-order valence-corrected chi connectivity index (χ1v) is 11.1. The topological polar surface area (TPSA) is 15.7 Å². The van der Waals surface area contributed by atoms with E-state index in [4.69, 9.17) is 4.74 Å². The minimum Gasteiger partial charge on any atom is -0.497 e. The first kappa shape index (κ1) is 22.5. The first-order valence-electron chi connectivity index (χ1n) is 11.1. The van der Waals surface area contributed by atoms with Gasteiger partial charge in [-0.1, -0.05) is 33.8 Å². The summed E-state index contributed by atoms with van der Waals surface area (Å²) in [5.74, 6) is 1.95. The van der Waals surface area contributed by atoms with Crippen LogP contribution < -0.4 is 9.64 Å². The fourth-order valence-corrected chi connectivity index (χ4v) is 5.57. The molecular weight excluding hydrogens is 380 g/mol. The van der Waals surface area contributed by atoms with Gasteiger partial charge in [0, 0.05) is 50.0 Å². The van der Waals surface area contributed by atoms with E-state index < -0.39 is 0 Å². The lowest BCUT2D eigenvalue weighted by Crippen LogP contribution is -2.47. The monoisotopic (exact) mass is 418 g/mol. The highest BCUT2D eigenvalue weighted by molar-refractivity contribution is 5.85. The van der Waals surface area contributed by atoms with Crippen molar-refractivity contribution in [1.82, 2.24) is 4.90 Å². The van der Waals surface area contributed by atoms with Crippen molar-refractivity contribution in [2.45, 2.75) is 53.4 Å². The van der Waals surface area contributed by atoms with Gasteiger partial charge in [-0.05, 0) is 60.1 Å². The zero-order valence-corrected chi connectivity index (χ0v) is 19.8. The Hall–Kier alpha value is -1.19. The second kappa shape index (κ2) is 8.51. The van der Waals surface area contributed by atoms with Crippen LogP contribution in [0.3, 0.4) is 0 Å². The van der Waals surface area contributed by atoms with Crippen molar-refractivity contribution in [1.29, 1.82) is 0 Å². The van der Waals surface area contributed by atoms with Gasteiger partial charge in [0.05, 0.1) is 7.11 Å². The van der Waals surface area contributed by atoms with E-state index >= 15 is 0 Å². The van der Waals surface area contributed by atoms with Crippen molar-refractivity contribution < 1.29 is 4.74 Å². The molecule has 1 saturated carbocycles. The van der Waals surface area contributed by atoms with E-state index in [1.54, 1.807) is 7.11 Å². The van der Waals surface area contributed by atoms with Crippen molar-refractivity contribution in [2.75, 3.05) is 44.7 Å². The molecule has 29 heavy (non-hydrogen) atoms. The van der Waals surface area contributed by atoms with E-state index in [1.165, 1.54) is 55.7 Å². The smallest absolute Gasteiger partial charge is 0.120 e. The van der Waals surface area contributed by atoms with Crippen molar-refractivity contribution in [3.8, 4) is 5.75 Å². The fraction of sp³-hybridized carbons (Fsp3) is 0.680. The molecular formula is C25H39ClN2O. The van der Waals surface area contributed by atoms with Crippen LogP contribution in [0.5, 0.6) is 5.75 Å². The molecule has 0 atom stereocenters. The lowest BCUT2D eigenvalue weighted by atomic mass is 9.65. The fourth-order valence-electron chi connectivity index (χ4n) is 5.57. The van der Waals surface area contributed by atoms with E-state index in [0.29, 0.717) is 5.41 Å². The van der Waals surface area contributed by atoms with E-state index in [1.807, 2.05) is 0 Å². The molecule has 1 aliphatic heterocycles. The standard InChI is InChI=1S/C25H38N2O.ClH/c1-24(2)15-20(16-25(3,4)18-24)22-9-8-21(28-5)14-23(22)27-12-10-26(11-13-27)17-19-6-7-19;/h8-9,14-15,19H,6-7,10-13,16-18H2,1-5H3;1H. The van der Waals surface area contributed by atoms with Gasteiger partial charge in [0.2, 0.25) is 0 Å².